The molecule has 0 fully saturated rings. The molecule has 6 heteroatoms. The zero-order valence-electron chi connectivity index (χ0n) is 9.09. The first-order chi connectivity index (χ1) is 7.61. The minimum Gasteiger partial charge on any atom is -0.318 e. The minimum absolute atomic E-state index is 0.231. The normalized spacial score (nSPS) is 13.3. The highest BCUT2D eigenvalue weighted by atomic mass is 79.9. The van der Waals surface area contributed by atoms with Crippen LogP contribution < -0.4 is 5.73 Å². The average molecular weight is 301 g/mol. The molecule has 2 rings (SSSR count). The second-order valence-corrected chi connectivity index (χ2v) is 5.38. The van der Waals surface area contributed by atoms with Gasteiger partial charge >= 0.3 is 0 Å². The first-order valence-electron chi connectivity index (χ1n) is 4.97. The van der Waals surface area contributed by atoms with Gasteiger partial charge in [-0.15, -0.1) is 11.3 Å². The van der Waals surface area contributed by atoms with Gasteiger partial charge in [0.05, 0.1) is 33.6 Å². The predicted octanol–water partition coefficient (Wildman–Crippen LogP) is 2.73. The Balaban J connectivity index is 2.43. The van der Waals surface area contributed by atoms with Crippen molar-refractivity contribution in [2.75, 3.05) is 0 Å². The van der Waals surface area contributed by atoms with Crippen molar-refractivity contribution in [1.82, 2.24) is 14.8 Å². The Labute approximate surface area is 107 Å². The second-order valence-electron chi connectivity index (χ2n) is 3.81. The van der Waals surface area contributed by atoms with Crippen LogP contribution in [-0.4, -0.2) is 14.8 Å². The van der Waals surface area contributed by atoms with Crippen LogP contribution >= 0.6 is 27.3 Å². The summed E-state index contributed by atoms with van der Waals surface area (Å²) in [6.45, 7) is 4.16. The lowest BCUT2D eigenvalue weighted by atomic mass is 10.1. The summed E-state index contributed by atoms with van der Waals surface area (Å²) >= 11 is 5.03. The van der Waals surface area contributed by atoms with Crippen LogP contribution in [0.1, 0.15) is 37.3 Å². The highest BCUT2D eigenvalue weighted by molar-refractivity contribution is 9.10. The quantitative estimate of drug-likeness (QED) is 0.948. The molecule has 2 aromatic heterocycles. The van der Waals surface area contributed by atoms with E-state index in [0.29, 0.717) is 0 Å². The summed E-state index contributed by atoms with van der Waals surface area (Å²) in [5, 5.41) is 6.28. The van der Waals surface area contributed by atoms with Crippen LogP contribution in [0.3, 0.4) is 0 Å². The Hall–Kier alpha value is -0.720. The average Bonchev–Trinajstić information content (AvgIpc) is 2.84. The van der Waals surface area contributed by atoms with Gasteiger partial charge in [-0.2, -0.15) is 5.10 Å². The van der Waals surface area contributed by atoms with E-state index >= 15 is 0 Å². The number of nitrogens with two attached hydrogens (primary N) is 1. The maximum Gasteiger partial charge on any atom is 0.0917 e. The number of hydrogen-bond acceptors (Lipinski definition) is 4. The molecule has 1 unspecified atom stereocenters. The molecule has 4 nitrogen and oxygen atoms in total. The molecular formula is C10H13BrN4S. The molecule has 0 amide bonds. The SMILES string of the molecule is CC(C)n1ncc(Br)c1C(N)c1cscn1. The first-order valence-corrected chi connectivity index (χ1v) is 6.71. The van der Waals surface area contributed by atoms with E-state index < -0.39 is 0 Å². The molecule has 0 aliphatic heterocycles. The van der Waals surface area contributed by atoms with E-state index in [1.165, 1.54) is 0 Å². The topological polar surface area (TPSA) is 56.7 Å². The zero-order chi connectivity index (χ0) is 11.7. The number of rotatable bonds is 3. The van der Waals surface area contributed by atoms with E-state index in [0.717, 1.165) is 15.9 Å². The molecule has 2 aromatic rings. The van der Waals surface area contributed by atoms with Gasteiger partial charge in [0, 0.05) is 11.4 Å². The number of aromatic nitrogens is 3. The monoisotopic (exact) mass is 300 g/mol. The van der Waals surface area contributed by atoms with E-state index in [-0.39, 0.29) is 12.1 Å². The van der Waals surface area contributed by atoms with Gasteiger partial charge in [0.1, 0.15) is 0 Å². The maximum absolute atomic E-state index is 6.20. The highest BCUT2D eigenvalue weighted by Gasteiger charge is 2.20. The van der Waals surface area contributed by atoms with Crippen molar-refractivity contribution in [3.63, 3.8) is 0 Å². The molecule has 2 N–H and O–H groups in total. The molecule has 1 atom stereocenters. The third-order valence-electron chi connectivity index (χ3n) is 2.34. The number of halogens is 1. The summed E-state index contributed by atoms with van der Waals surface area (Å²) < 4.78 is 2.86. The van der Waals surface area contributed by atoms with E-state index in [1.54, 1.807) is 23.0 Å². The van der Waals surface area contributed by atoms with Crippen LogP contribution in [0.15, 0.2) is 21.6 Å². The van der Waals surface area contributed by atoms with Crippen molar-refractivity contribution in [3.8, 4) is 0 Å². The predicted molar refractivity (Wildman–Crippen MR) is 68.5 cm³/mol. The third kappa shape index (κ3) is 2.05. The van der Waals surface area contributed by atoms with Crippen molar-refractivity contribution in [2.24, 2.45) is 5.73 Å². The van der Waals surface area contributed by atoms with E-state index in [9.17, 15) is 0 Å². The molecule has 86 valence electrons. The standard InChI is InChI=1S/C10H13BrN4S/c1-6(2)15-10(7(11)3-14-15)9(12)8-4-16-5-13-8/h3-6,9H,12H2,1-2H3. The molecule has 0 bridgehead atoms. The molecule has 0 saturated carbocycles. The number of thiazole rings is 1. The van der Waals surface area contributed by atoms with Gasteiger partial charge < -0.3 is 5.73 Å². The fourth-order valence-corrected chi connectivity index (χ4v) is 2.68. The van der Waals surface area contributed by atoms with Crippen molar-refractivity contribution in [3.05, 3.63) is 32.9 Å². The fourth-order valence-electron chi connectivity index (χ4n) is 1.57. The molecule has 0 aromatic carbocycles. The molecular weight excluding hydrogens is 288 g/mol. The third-order valence-corrected chi connectivity index (χ3v) is 3.56. The van der Waals surface area contributed by atoms with Crippen LogP contribution in [0.5, 0.6) is 0 Å². The van der Waals surface area contributed by atoms with Gasteiger partial charge in [-0.25, -0.2) is 4.98 Å². The lowest BCUT2D eigenvalue weighted by Gasteiger charge is -2.15. The van der Waals surface area contributed by atoms with Crippen LogP contribution in [0, 0.1) is 0 Å². The summed E-state index contributed by atoms with van der Waals surface area (Å²) in [4.78, 5) is 4.25. The van der Waals surface area contributed by atoms with Crippen molar-refractivity contribution < 1.29 is 0 Å². The van der Waals surface area contributed by atoms with Gasteiger partial charge in [0.2, 0.25) is 0 Å². The van der Waals surface area contributed by atoms with Crippen LogP contribution in [-0.2, 0) is 0 Å². The minimum atomic E-state index is -0.231. The Kier molecular flexibility index (Phi) is 3.41. The van der Waals surface area contributed by atoms with Gasteiger partial charge in [-0.3, -0.25) is 4.68 Å². The van der Waals surface area contributed by atoms with Gasteiger partial charge in [-0.1, -0.05) is 0 Å². The van der Waals surface area contributed by atoms with Crippen molar-refractivity contribution in [2.45, 2.75) is 25.9 Å². The molecule has 16 heavy (non-hydrogen) atoms. The largest absolute Gasteiger partial charge is 0.318 e. The highest BCUT2D eigenvalue weighted by Crippen LogP contribution is 2.28. The molecule has 0 aliphatic carbocycles. The smallest absolute Gasteiger partial charge is 0.0917 e. The first kappa shape index (κ1) is 11.8. The Bertz CT molecular complexity index is 463. The van der Waals surface area contributed by atoms with E-state index in [4.69, 9.17) is 5.73 Å². The van der Waals surface area contributed by atoms with Crippen molar-refractivity contribution >= 4 is 27.3 Å². The number of hydrogen-bond donors (Lipinski definition) is 1. The van der Waals surface area contributed by atoms with Crippen LogP contribution in [0.4, 0.5) is 0 Å². The van der Waals surface area contributed by atoms with Crippen molar-refractivity contribution in [1.29, 1.82) is 0 Å². The molecule has 0 spiro atoms. The van der Waals surface area contributed by atoms with Gasteiger partial charge in [0.15, 0.2) is 0 Å². The molecule has 0 radical (unpaired) electrons. The van der Waals surface area contributed by atoms with E-state index in [2.05, 4.69) is 39.9 Å². The Morgan fingerprint density at radius 3 is 2.81 bits per heavy atom. The summed E-state index contributed by atoms with van der Waals surface area (Å²) in [6, 6.07) is 0.0523. The Morgan fingerprint density at radius 2 is 2.25 bits per heavy atom. The summed E-state index contributed by atoms with van der Waals surface area (Å²) in [6.07, 6.45) is 1.78. The number of nitrogens with zero attached hydrogens (tertiary/aromatic N) is 3. The summed E-state index contributed by atoms with van der Waals surface area (Å²) in [5.41, 5.74) is 9.84. The Morgan fingerprint density at radius 1 is 1.50 bits per heavy atom. The molecule has 2 heterocycles. The lowest BCUT2D eigenvalue weighted by molar-refractivity contribution is 0.497. The van der Waals surface area contributed by atoms with Crippen LogP contribution in [0.25, 0.3) is 0 Å². The second kappa shape index (κ2) is 4.65. The van der Waals surface area contributed by atoms with Crippen LogP contribution in [0.2, 0.25) is 0 Å². The fraction of sp³-hybridized carbons (Fsp3) is 0.400. The lowest BCUT2D eigenvalue weighted by Crippen LogP contribution is -2.19. The van der Waals surface area contributed by atoms with Gasteiger partial charge in [0.25, 0.3) is 0 Å². The summed E-state index contributed by atoms with van der Waals surface area (Å²) in [5.74, 6) is 0. The van der Waals surface area contributed by atoms with Gasteiger partial charge in [-0.05, 0) is 29.8 Å². The zero-order valence-corrected chi connectivity index (χ0v) is 11.5. The molecule has 0 saturated heterocycles. The van der Waals surface area contributed by atoms with E-state index in [1.807, 2.05) is 10.1 Å². The summed E-state index contributed by atoms with van der Waals surface area (Å²) in [7, 11) is 0. The maximum atomic E-state index is 6.20. The molecule has 0 aliphatic rings.